The number of Topliss-reactive ketones (excluding diaryl/α,β-unsaturated/α-hetero) is 1. The van der Waals surface area contributed by atoms with Gasteiger partial charge >= 0.3 is 5.97 Å². The van der Waals surface area contributed by atoms with Crippen molar-refractivity contribution >= 4 is 11.8 Å². The second-order valence-electron chi connectivity index (χ2n) is 7.68. The third-order valence-corrected chi connectivity index (χ3v) is 4.72. The number of carbonyl (C=O) groups is 2. The van der Waals surface area contributed by atoms with E-state index in [1.807, 2.05) is 6.07 Å². The van der Waals surface area contributed by atoms with Gasteiger partial charge in [0.25, 0.3) is 0 Å². The molecular formula is C19H22O7. The first kappa shape index (κ1) is 17.6. The van der Waals surface area contributed by atoms with Gasteiger partial charge in [0, 0.05) is 0 Å². The predicted octanol–water partition coefficient (Wildman–Crippen LogP) is 1.83. The fourth-order valence-electron chi connectivity index (χ4n) is 3.75. The summed E-state index contributed by atoms with van der Waals surface area (Å²) in [4.78, 5) is 25.4. The van der Waals surface area contributed by atoms with Crippen molar-refractivity contribution in [2.75, 3.05) is 0 Å². The van der Waals surface area contributed by atoms with Crippen LogP contribution in [-0.4, -0.2) is 53.8 Å². The second-order valence-corrected chi connectivity index (χ2v) is 7.68. The number of fused-ring (bicyclic) bond motifs is 2. The average Bonchev–Trinajstić information content (AvgIpc) is 3.08. The van der Waals surface area contributed by atoms with E-state index in [1.54, 1.807) is 52.0 Å². The van der Waals surface area contributed by atoms with Crippen molar-refractivity contribution in [2.24, 2.45) is 0 Å². The van der Waals surface area contributed by atoms with Gasteiger partial charge in [-0.2, -0.15) is 0 Å². The number of rotatable bonds is 2. The Morgan fingerprint density at radius 1 is 0.885 bits per heavy atom. The molecule has 7 nitrogen and oxygen atoms in total. The highest BCUT2D eigenvalue weighted by atomic mass is 16.8. The van der Waals surface area contributed by atoms with Crippen molar-refractivity contribution in [3.63, 3.8) is 0 Å². The zero-order valence-corrected chi connectivity index (χ0v) is 15.1. The summed E-state index contributed by atoms with van der Waals surface area (Å²) in [7, 11) is 0. The summed E-state index contributed by atoms with van der Waals surface area (Å²) >= 11 is 0. The number of ketones is 1. The number of ether oxygens (including phenoxy) is 5. The topological polar surface area (TPSA) is 80.3 Å². The molecular weight excluding hydrogens is 340 g/mol. The zero-order valence-electron chi connectivity index (χ0n) is 15.1. The lowest BCUT2D eigenvalue weighted by molar-refractivity contribution is -0.180. The van der Waals surface area contributed by atoms with E-state index in [0.717, 1.165) is 0 Å². The van der Waals surface area contributed by atoms with Crippen LogP contribution in [0.25, 0.3) is 0 Å². The molecule has 4 rings (SSSR count). The van der Waals surface area contributed by atoms with E-state index in [1.165, 1.54) is 0 Å². The largest absolute Gasteiger partial charge is 0.453 e. The van der Waals surface area contributed by atoms with Crippen molar-refractivity contribution in [1.82, 2.24) is 0 Å². The van der Waals surface area contributed by atoms with E-state index >= 15 is 0 Å². The summed E-state index contributed by atoms with van der Waals surface area (Å²) < 4.78 is 29.0. The average molecular weight is 362 g/mol. The van der Waals surface area contributed by atoms with Gasteiger partial charge < -0.3 is 23.7 Å². The number of esters is 1. The molecule has 3 aliphatic rings. The Kier molecular flexibility index (Phi) is 3.96. The molecule has 0 aromatic heterocycles. The molecule has 140 valence electrons. The molecule has 0 bridgehead atoms. The molecule has 1 saturated carbocycles. The van der Waals surface area contributed by atoms with E-state index in [0.29, 0.717) is 5.56 Å². The molecule has 2 aliphatic heterocycles. The van der Waals surface area contributed by atoms with E-state index in [4.69, 9.17) is 23.7 Å². The number of hydrogen-bond acceptors (Lipinski definition) is 7. The lowest BCUT2D eigenvalue weighted by Crippen LogP contribution is -2.60. The van der Waals surface area contributed by atoms with Gasteiger partial charge in [-0.15, -0.1) is 0 Å². The number of hydrogen-bond donors (Lipinski definition) is 0. The first-order chi connectivity index (χ1) is 12.2. The summed E-state index contributed by atoms with van der Waals surface area (Å²) in [6.07, 6.45) is -4.04. The van der Waals surface area contributed by atoms with Crippen LogP contribution < -0.4 is 0 Å². The Morgan fingerprint density at radius 3 is 1.88 bits per heavy atom. The van der Waals surface area contributed by atoms with Crippen LogP contribution in [0, 0.1) is 0 Å². The molecule has 0 radical (unpaired) electrons. The van der Waals surface area contributed by atoms with Gasteiger partial charge in [0.1, 0.15) is 12.2 Å². The van der Waals surface area contributed by atoms with Crippen LogP contribution in [0.1, 0.15) is 38.1 Å². The van der Waals surface area contributed by atoms with E-state index in [2.05, 4.69) is 0 Å². The lowest BCUT2D eigenvalue weighted by atomic mass is 9.86. The summed E-state index contributed by atoms with van der Waals surface area (Å²) in [5, 5.41) is 0. The quantitative estimate of drug-likeness (QED) is 0.743. The normalized spacial score (nSPS) is 37.1. The van der Waals surface area contributed by atoms with Crippen molar-refractivity contribution < 1.29 is 33.3 Å². The van der Waals surface area contributed by atoms with Crippen LogP contribution in [0.2, 0.25) is 0 Å². The van der Waals surface area contributed by atoms with Gasteiger partial charge in [-0.1, -0.05) is 18.2 Å². The molecule has 1 aliphatic carbocycles. The van der Waals surface area contributed by atoms with E-state index in [-0.39, 0.29) is 5.78 Å². The van der Waals surface area contributed by atoms with Crippen molar-refractivity contribution in [1.29, 1.82) is 0 Å². The molecule has 3 fully saturated rings. The molecule has 1 aromatic rings. The standard InChI is InChI=1S/C19H22O7/c1-18(2)23-12-11(20)13-16(26-19(3,4)24-13)14(15(12)25-18)22-17(21)10-8-6-5-7-9-10/h5-9,12-16H,1-4H3/t12-,13-,15-,16-/m0/s1. The van der Waals surface area contributed by atoms with E-state index < -0.39 is 48.1 Å². The zero-order chi connectivity index (χ0) is 18.7. The van der Waals surface area contributed by atoms with Gasteiger partial charge in [-0.05, 0) is 39.8 Å². The fourth-order valence-corrected chi connectivity index (χ4v) is 3.75. The molecule has 0 amide bonds. The monoisotopic (exact) mass is 362 g/mol. The second kappa shape index (κ2) is 5.85. The summed E-state index contributed by atoms with van der Waals surface area (Å²) in [5.41, 5.74) is 0.411. The summed E-state index contributed by atoms with van der Waals surface area (Å²) in [6, 6.07) is 8.65. The first-order valence-electron chi connectivity index (χ1n) is 8.68. The molecule has 1 aromatic carbocycles. The van der Waals surface area contributed by atoms with E-state index in [9.17, 15) is 9.59 Å². The fraction of sp³-hybridized carbons (Fsp3) is 0.579. The van der Waals surface area contributed by atoms with Gasteiger partial charge in [0.05, 0.1) is 5.56 Å². The molecule has 0 N–H and O–H groups in total. The van der Waals surface area contributed by atoms with Crippen LogP contribution in [0.4, 0.5) is 0 Å². The highest BCUT2D eigenvalue weighted by Gasteiger charge is 2.64. The Balaban J connectivity index is 1.65. The van der Waals surface area contributed by atoms with Crippen molar-refractivity contribution in [2.45, 2.75) is 69.8 Å². The predicted molar refractivity (Wildman–Crippen MR) is 88.3 cm³/mol. The number of benzene rings is 1. The Bertz CT molecular complexity index is 693. The highest BCUT2D eigenvalue weighted by Crippen LogP contribution is 2.43. The molecule has 7 heteroatoms. The maximum Gasteiger partial charge on any atom is 0.338 e. The minimum absolute atomic E-state index is 0.247. The highest BCUT2D eigenvalue weighted by molar-refractivity contribution is 5.92. The van der Waals surface area contributed by atoms with Gasteiger partial charge in [-0.3, -0.25) is 4.79 Å². The minimum atomic E-state index is -0.962. The van der Waals surface area contributed by atoms with Gasteiger partial charge in [-0.25, -0.2) is 4.79 Å². The molecule has 0 unspecified atom stereocenters. The van der Waals surface area contributed by atoms with Gasteiger partial charge in [0.2, 0.25) is 0 Å². The Hall–Kier alpha value is -1.80. The molecule has 0 spiro atoms. The van der Waals surface area contributed by atoms with Crippen LogP contribution in [0.5, 0.6) is 0 Å². The molecule has 2 heterocycles. The number of carbonyl (C=O) groups excluding carboxylic acids is 2. The van der Waals surface area contributed by atoms with Crippen LogP contribution in [0.3, 0.4) is 0 Å². The summed E-state index contributed by atoms with van der Waals surface area (Å²) in [5.74, 6) is -2.68. The molecule has 26 heavy (non-hydrogen) atoms. The first-order valence-corrected chi connectivity index (χ1v) is 8.68. The minimum Gasteiger partial charge on any atom is -0.453 e. The van der Waals surface area contributed by atoms with Crippen molar-refractivity contribution in [3.05, 3.63) is 35.9 Å². The third-order valence-electron chi connectivity index (χ3n) is 4.72. The van der Waals surface area contributed by atoms with Crippen molar-refractivity contribution in [3.8, 4) is 0 Å². The van der Waals surface area contributed by atoms with Crippen LogP contribution in [0.15, 0.2) is 30.3 Å². The SMILES string of the molecule is CC1(C)O[C@@H]2C(OC(=O)c3ccccc3)[C@H]3OC(C)(C)O[C@H]3C(=O)[C@@H]2O1. The van der Waals surface area contributed by atoms with Crippen LogP contribution in [-0.2, 0) is 28.5 Å². The lowest BCUT2D eigenvalue weighted by Gasteiger charge is -2.36. The maximum absolute atomic E-state index is 12.8. The molecule has 4 atom stereocenters. The maximum atomic E-state index is 12.8. The molecule has 2 saturated heterocycles. The van der Waals surface area contributed by atoms with Crippen LogP contribution >= 0.6 is 0 Å². The Morgan fingerprint density at radius 2 is 1.38 bits per heavy atom. The summed E-state index contributed by atoms with van der Waals surface area (Å²) in [6.45, 7) is 6.87. The third kappa shape index (κ3) is 2.95. The van der Waals surface area contributed by atoms with Gasteiger partial charge in [0.15, 0.2) is 35.7 Å². The Labute approximate surface area is 151 Å². The smallest absolute Gasteiger partial charge is 0.338 e.